The molecule has 0 saturated heterocycles. The molecule has 1 rings (SSSR count). The number of hydrogen-bond donors (Lipinski definition) is 0. The van der Waals surface area contributed by atoms with Gasteiger partial charge in [-0.15, -0.1) is 12.4 Å². The van der Waals surface area contributed by atoms with Gasteiger partial charge in [-0.05, 0) is 48.9 Å². The number of thiocyanates is 1. The van der Waals surface area contributed by atoms with Crippen LogP contribution in [-0.2, 0) is 0 Å². The SMILES string of the molecule is CCCN(CCC)c1ccc(SC#N)cc1.Cl. The summed E-state index contributed by atoms with van der Waals surface area (Å²) in [5.74, 6) is 0. The van der Waals surface area contributed by atoms with E-state index in [1.807, 2.05) is 12.1 Å². The summed E-state index contributed by atoms with van der Waals surface area (Å²) < 4.78 is 0. The van der Waals surface area contributed by atoms with Crippen molar-refractivity contribution in [1.82, 2.24) is 0 Å². The van der Waals surface area contributed by atoms with Gasteiger partial charge in [0.15, 0.2) is 0 Å². The first kappa shape index (κ1) is 16.1. The monoisotopic (exact) mass is 270 g/mol. The second kappa shape index (κ2) is 9.21. The van der Waals surface area contributed by atoms with E-state index in [9.17, 15) is 0 Å². The fourth-order valence-corrected chi connectivity index (χ4v) is 2.07. The summed E-state index contributed by atoms with van der Waals surface area (Å²) in [6.07, 6.45) is 2.32. The molecule has 0 unspecified atom stereocenters. The first-order chi connectivity index (χ1) is 7.81. The lowest BCUT2D eigenvalue weighted by Gasteiger charge is -2.23. The third-order valence-electron chi connectivity index (χ3n) is 2.35. The van der Waals surface area contributed by atoms with Crippen LogP contribution in [0.4, 0.5) is 5.69 Å². The predicted molar refractivity (Wildman–Crippen MR) is 78.0 cm³/mol. The van der Waals surface area contributed by atoms with Gasteiger partial charge >= 0.3 is 0 Å². The van der Waals surface area contributed by atoms with Crippen LogP contribution in [0.5, 0.6) is 0 Å². The predicted octanol–water partition coefficient (Wildman–Crippen LogP) is 4.31. The highest BCUT2D eigenvalue weighted by Crippen LogP contribution is 2.21. The lowest BCUT2D eigenvalue weighted by atomic mass is 10.2. The molecule has 0 fully saturated rings. The average Bonchev–Trinajstić information content (AvgIpc) is 2.30. The van der Waals surface area contributed by atoms with E-state index in [0.717, 1.165) is 30.8 Å². The Labute approximate surface area is 114 Å². The number of rotatable bonds is 6. The first-order valence-corrected chi connectivity index (χ1v) is 6.54. The van der Waals surface area contributed by atoms with Gasteiger partial charge < -0.3 is 4.90 Å². The van der Waals surface area contributed by atoms with Crippen molar-refractivity contribution >= 4 is 29.9 Å². The minimum absolute atomic E-state index is 0. The molecule has 0 saturated carbocycles. The van der Waals surface area contributed by atoms with Crippen molar-refractivity contribution in [1.29, 1.82) is 5.26 Å². The van der Waals surface area contributed by atoms with Crippen molar-refractivity contribution in [3.63, 3.8) is 0 Å². The van der Waals surface area contributed by atoms with Crippen molar-refractivity contribution < 1.29 is 0 Å². The number of benzene rings is 1. The molecule has 0 N–H and O–H groups in total. The maximum atomic E-state index is 8.57. The van der Waals surface area contributed by atoms with Crippen molar-refractivity contribution in [3.8, 4) is 5.40 Å². The summed E-state index contributed by atoms with van der Waals surface area (Å²) in [6.45, 7) is 6.59. The van der Waals surface area contributed by atoms with Gasteiger partial charge in [-0.1, -0.05) is 13.8 Å². The van der Waals surface area contributed by atoms with Gasteiger partial charge in [0.2, 0.25) is 0 Å². The smallest absolute Gasteiger partial charge is 0.138 e. The molecule has 0 atom stereocenters. The molecule has 0 heterocycles. The summed E-state index contributed by atoms with van der Waals surface area (Å²) in [4.78, 5) is 3.40. The molecule has 2 nitrogen and oxygen atoms in total. The van der Waals surface area contributed by atoms with Gasteiger partial charge in [-0.2, -0.15) is 5.26 Å². The van der Waals surface area contributed by atoms with Crippen molar-refractivity contribution in [2.24, 2.45) is 0 Å². The van der Waals surface area contributed by atoms with E-state index in [1.54, 1.807) is 0 Å². The molecule has 4 heteroatoms. The molecule has 0 spiro atoms. The van der Waals surface area contributed by atoms with E-state index >= 15 is 0 Å². The third-order valence-corrected chi connectivity index (χ3v) is 2.95. The minimum Gasteiger partial charge on any atom is -0.372 e. The number of anilines is 1. The van der Waals surface area contributed by atoms with Gasteiger partial charge in [-0.3, -0.25) is 0 Å². The Morgan fingerprint density at radius 1 is 1.12 bits per heavy atom. The third kappa shape index (κ3) is 5.34. The Morgan fingerprint density at radius 3 is 2.06 bits per heavy atom. The zero-order chi connectivity index (χ0) is 11.8. The van der Waals surface area contributed by atoms with Gasteiger partial charge in [-0.25, -0.2) is 0 Å². The molecule has 0 aliphatic carbocycles. The molecule has 94 valence electrons. The second-order valence-electron chi connectivity index (χ2n) is 3.67. The molecular formula is C13H19ClN2S. The Bertz CT molecular complexity index is 339. The molecule has 0 bridgehead atoms. The van der Waals surface area contributed by atoms with E-state index in [2.05, 4.69) is 36.3 Å². The quantitative estimate of drug-likeness (QED) is 0.569. The van der Waals surface area contributed by atoms with E-state index in [0.29, 0.717) is 0 Å². The van der Waals surface area contributed by atoms with Crippen molar-refractivity contribution in [3.05, 3.63) is 24.3 Å². The van der Waals surface area contributed by atoms with Crippen LogP contribution in [0.2, 0.25) is 0 Å². The number of nitriles is 1. The highest BCUT2D eigenvalue weighted by Gasteiger charge is 2.03. The van der Waals surface area contributed by atoms with Crippen LogP contribution in [0.1, 0.15) is 26.7 Å². The normalized spacial score (nSPS) is 9.24. The average molecular weight is 271 g/mol. The molecular weight excluding hydrogens is 252 g/mol. The lowest BCUT2D eigenvalue weighted by Crippen LogP contribution is -2.24. The number of nitrogens with zero attached hydrogens (tertiary/aromatic N) is 2. The summed E-state index contributed by atoms with van der Waals surface area (Å²) in [5, 5.41) is 10.7. The van der Waals surface area contributed by atoms with Crippen LogP contribution in [0, 0.1) is 10.7 Å². The van der Waals surface area contributed by atoms with Gasteiger partial charge in [0.25, 0.3) is 0 Å². The molecule has 0 radical (unpaired) electrons. The highest BCUT2D eigenvalue weighted by molar-refractivity contribution is 8.03. The van der Waals surface area contributed by atoms with Gasteiger partial charge in [0.05, 0.1) is 0 Å². The largest absolute Gasteiger partial charge is 0.372 e. The van der Waals surface area contributed by atoms with E-state index in [-0.39, 0.29) is 12.4 Å². The van der Waals surface area contributed by atoms with Crippen LogP contribution in [-0.4, -0.2) is 13.1 Å². The van der Waals surface area contributed by atoms with E-state index in [1.165, 1.54) is 17.4 Å². The standard InChI is InChI=1S/C13H18N2S.ClH/c1-3-9-15(10-4-2)12-5-7-13(8-6-12)16-11-14;/h5-8H,3-4,9-10H2,1-2H3;1H. The van der Waals surface area contributed by atoms with E-state index < -0.39 is 0 Å². The molecule has 0 aliphatic heterocycles. The fraction of sp³-hybridized carbons (Fsp3) is 0.462. The van der Waals surface area contributed by atoms with Gasteiger partial charge in [0, 0.05) is 23.7 Å². The van der Waals surface area contributed by atoms with Crippen molar-refractivity contribution in [2.75, 3.05) is 18.0 Å². The Morgan fingerprint density at radius 2 is 1.65 bits per heavy atom. The summed E-state index contributed by atoms with van der Waals surface area (Å²) in [6, 6.07) is 8.24. The van der Waals surface area contributed by atoms with Crippen LogP contribution in [0.3, 0.4) is 0 Å². The Hall–Kier alpha value is -0.850. The first-order valence-electron chi connectivity index (χ1n) is 5.72. The summed E-state index contributed by atoms with van der Waals surface area (Å²) >= 11 is 1.21. The zero-order valence-electron chi connectivity index (χ0n) is 10.3. The molecule has 1 aromatic carbocycles. The van der Waals surface area contributed by atoms with Crippen LogP contribution in [0.25, 0.3) is 0 Å². The fourth-order valence-electron chi connectivity index (χ4n) is 1.69. The highest BCUT2D eigenvalue weighted by atomic mass is 35.5. The summed E-state index contributed by atoms with van der Waals surface area (Å²) in [5.41, 5.74) is 1.26. The molecule has 0 aliphatic rings. The van der Waals surface area contributed by atoms with E-state index in [4.69, 9.17) is 5.26 Å². The molecule has 1 aromatic rings. The maximum Gasteiger partial charge on any atom is 0.138 e. The lowest BCUT2D eigenvalue weighted by molar-refractivity contribution is 0.744. The minimum atomic E-state index is 0. The second-order valence-corrected chi connectivity index (χ2v) is 4.53. The molecule has 0 amide bonds. The number of thioether (sulfide) groups is 1. The zero-order valence-corrected chi connectivity index (χ0v) is 12.0. The topological polar surface area (TPSA) is 27.0 Å². The Kier molecular flexibility index (Phi) is 8.75. The Balaban J connectivity index is 0.00000256. The van der Waals surface area contributed by atoms with Crippen LogP contribution >= 0.6 is 24.2 Å². The molecule has 17 heavy (non-hydrogen) atoms. The van der Waals surface area contributed by atoms with Crippen LogP contribution < -0.4 is 4.90 Å². The number of halogens is 1. The maximum absolute atomic E-state index is 8.57. The summed E-state index contributed by atoms with van der Waals surface area (Å²) in [7, 11) is 0. The molecule has 0 aromatic heterocycles. The van der Waals surface area contributed by atoms with Crippen molar-refractivity contribution in [2.45, 2.75) is 31.6 Å². The van der Waals surface area contributed by atoms with Crippen LogP contribution in [0.15, 0.2) is 29.2 Å². The number of hydrogen-bond acceptors (Lipinski definition) is 3. The van der Waals surface area contributed by atoms with Gasteiger partial charge in [0.1, 0.15) is 5.40 Å².